The van der Waals surface area contributed by atoms with E-state index in [4.69, 9.17) is 10.2 Å². The summed E-state index contributed by atoms with van der Waals surface area (Å²) in [7, 11) is 0. The molecule has 1 atom stereocenters. The van der Waals surface area contributed by atoms with Crippen molar-refractivity contribution < 1.29 is 19.8 Å². The average Bonchev–Trinajstić information content (AvgIpc) is 3.06. The molecule has 1 saturated carbocycles. The molecule has 1 aliphatic rings. The SMILES string of the molecule is CSC1(CNC(=O)N[C@@H](CCO)C(=O)O)CC1. The fourth-order valence-corrected chi connectivity index (χ4v) is 2.16. The Bertz CT molecular complexity index is 294. The third-order valence-corrected chi connectivity index (χ3v) is 4.25. The van der Waals surface area contributed by atoms with Gasteiger partial charge in [-0.1, -0.05) is 0 Å². The summed E-state index contributed by atoms with van der Waals surface area (Å²) in [5.74, 6) is -1.14. The molecule has 1 aliphatic carbocycles. The van der Waals surface area contributed by atoms with Crippen molar-refractivity contribution in [3.05, 3.63) is 0 Å². The van der Waals surface area contributed by atoms with Gasteiger partial charge in [0.2, 0.25) is 0 Å². The molecule has 0 bridgehead atoms. The van der Waals surface area contributed by atoms with E-state index in [1.165, 1.54) is 0 Å². The van der Waals surface area contributed by atoms with E-state index >= 15 is 0 Å². The standard InChI is InChI=1S/C10H18N2O4S/c1-17-10(3-4-10)6-11-9(16)12-7(2-5-13)8(14)15/h7,13H,2-6H2,1H3,(H,14,15)(H2,11,12,16)/t7-/m0/s1. The Morgan fingerprint density at radius 3 is 2.53 bits per heavy atom. The number of aliphatic hydroxyl groups excluding tert-OH is 1. The van der Waals surface area contributed by atoms with Crippen molar-refractivity contribution in [2.75, 3.05) is 19.4 Å². The van der Waals surface area contributed by atoms with Crippen LogP contribution >= 0.6 is 11.8 Å². The molecular weight excluding hydrogens is 244 g/mol. The summed E-state index contributed by atoms with van der Waals surface area (Å²) in [6.07, 6.45) is 4.16. The predicted octanol–water partition coefficient (Wildman–Crippen LogP) is 0.0168. The summed E-state index contributed by atoms with van der Waals surface area (Å²) in [5, 5.41) is 22.4. The highest BCUT2D eigenvalue weighted by atomic mass is 32.2. The first-order chi connectivity index (χ1) is 8.03. The van der Waals surface area contributed by atoms with Crippen LogP contribution in [0.4, 0.5) is 4.79 Å². The number of carbonyl (C=O) groups excluding carboxylic acids is 1. The van der Waals surface area contributed by atoms with Crippen LogP contribution in [0.15, 0.2) is 0 Å². The zero-order valence-corrected chi connectivity index (χ0v) is 10.5. The molecule has 0 aromatic rings. The zero-order chi connectivity index (χ0) is 12.9. The van der Waals surface area contributed by atoms with E-state index in [-0.39, 0.29) is 17.8 Å². The summed E-state index contributed by atoms with van der Waals surface area (Å²) in [5.41, 5.74) is 0. The second kappa shape index (κ2) is 6.11. The van der Waals surface area contributed by atoms with E-state index in [1.54, 1.807) is 11.8 Å². The zero-order valence-electron chi connectivity index (χ0n) is 9.73. The molecule has 0 aromatic heterocycles. The Morgan fingerprint density at radius 1 is 1.47 bits per heavy atom. The van der Waals surface area contributed by atoms with Crippen molar-refractivity contribution in [1.29, 1.82) is 0 Å². The number of carboxylic acids is 1. The third-order valence-electron chi connectivity index (χ3n) is 2.83. The molecule has 17 heavy (non-hydrogen) atoms. The molecule has 0 aromatic carbocycles. The highest BCUT2D eigenvalue weighted by Gasteiger charge is 2.42. The van der Waals surface area contributed by atoms with Gasteiger partial charge < -0.3 is 20.8 Å². The predicted molar refractivity (Wildman–Crippen MR) is 65.1 cm³/mol. The number of hydrogen-bond donors (Lipinski definition) is 4. The van der Waals surface area contributed by atoms with E-state index in [1.807, 2.05) is 6.26 Å². The molecule has 1 rings (SSSR count). The summed E-state index contributed by atoms with van der Waals surface area (Å²) < 4.78 is 0.146. The number of thioether (sulfide) groups is 1. The number of hydrogen-bond acceptors (Lipinski definition) is 4. The summed E-state index contributed by atoms with van der Waals surface area (Å²) in [6, 6.07) is -1.53. The maximum Gasteiger partial charge on any atom is 0.326 e. The number of carboxylic acid groups (broad SMARTS) is 1. The first-order valence-corrected chi connectivity index (χ1v) is 6.69. The van der Waals surface area contributed by atoms with E-state index in [0.717, 1.165) is 12.8 Å². The van der Waals surface area contributed by atoms with Crippen molar-refractivity contribution >= 4 is 23.8 Å². The van der Waals surface area contributed by atoms with Crippen LogP contribution in [0.25, 0.3) is 0 Å². The minimum absolute atomic E-state index is 0.0103. The lowest BCUT2D eigenvalue weighted by molar-refractivity contribution is -0.139. The lowest BCUT2D eigenvalue weighted by Crippen LogP contribution is -2.48. The molecule has 0 saturated heterocycles. The maximum absolute atomic E-state index is 11.4. The minimum Gasteiger partial charge on any atom is -0.480 e. The number of urea groups is 1. The van der Waals surface area contributed by atoms with Gasteiger partial charge in [0, 0.05) is 24.3 Å². The largest absolute Gasteiger partial charge is 0.480 e. The van der Waals surface area contributed by atoms with Crippen molar-refractivity contribution in [2.45, 2.75) is 30.1 Å². The number of amides is 2. The van der Waals surface area contributed by atoms with E-state index in [2.05, 4.69) is 10.6 Å². The van der Waals surface area contributed by atoms with Gasteiger partial charge >= 0.3 is 12.0 Å². The Kier molecular flexibility index (Phi) is 5.07. The van der Waals surface area contributed by atoms with Gasteiger partial charge in [-0.15, -0.1) is 0 Å². The normalized spacial score (nSPS) is 18.2. The fraction of sp³-hybridized carbons (Fsp3) is 0.800. The van der Waals surface area contributed by atoms with Gasteiger partial charge in [0.25, 0.3) is 0 Å². The number of nitrogens with one attached hydrogen (secondary N) is 2. The summed E-state index contributed by atoms with van der Waals surface area (Å²) >= 11 is 1.72. The number of carbonyl (C=O) groups is 2. The third kappa shape index (κ3) is 4.43. The second-order valence-electron chi connectivity index (χ2n) is 4.12. The smallest absolute Gasteiger partial charge is 0.326 e. The van der Waals surface area contributed by atoms with E-state index in [9.17, 15) is 9.59 Å². The Balaban J connectivity index is 2.29. The molecule has 4 N–H and O–H groups in total. The maximum atomic E-state index is 11.4. The number of aliphatic hydroxyl groups is 1. The van der Waals surface area contributed by atoms with Gasteiger partial charge in [0.1, 0.15) is 6.04 Å². The van der Waals surface area contributed by atoms with E-state index < -0.39 is 18.0 Å². The van der Waals surface area contributed by atoms with Crippen LogP contribution in [0.1, 0.15) is 19.3 Å². The molecular formula is C10H18N2O4S. The fourth-order valence-electron chi connectivity index (χ4n) is 1.43. The van der Waals surface area contributed by atoms with Crippen molar-refractivity contribution in [1.82, 2.24) is 10.6 Å². The lowest BCUT2D eigenvalue weighted by atomic mass is 10.2. The second-order valence-corrected chi connectivity index (χ2v) is 5.39. The molecule has 6 nitrogen and oxygen atoms in total. The van der Waals surface area contributed by atoms with Crippen LogP contribution in [-0.2, 0) is 4.79 Å². The van der Waals surface area contributed by atoms with Crippen LogP contribution in [0.5, 0.6) is 0 Å². The first kappa shape index (κ1) is 14.1. The Morgan fingerprint density at radius 2 is 2.12 bits per heavy atom. The van der Waals surface area contributed by atoms with Crippen molar-refractivity contribution in [3.63, 3.8) is 0 Å². The molecule has 0 unspecified atom stereocenters. The van der Waals surface area contributed by atoms with Crippen LogP contribution in [-0.4, -0.2) is 52.4 Å². The molecule has 98 valence electrons. The van der Waals surface area contributed by atoms with Crippen molar-refractivity contribution in [2.24, 2.45) is 0 Å². The van der Waals surface area contributed by atoms with Crippen LogP contribution in [0.3, 0.4) is 0 Å². The minimum atomic E-state index is -1.14. The number of aliphatic carboxylic acids is 1. The van der Waals surface area contributed by atoms with Crippen LogP contribution < -0.4 is 10.6 Å². The van der Waals surface area contributed by atoms with Gasteiger partial charge in [-0.2, -0.15) is 11.8 Å². The van der Waals surface area contributed by atoms with Gasteiger partial charge in [-0.05, 0) is 19.1 Å². The Labute approximate surface area is 104 Å². The summed E-state index contributed by atoms with van der Waals surface area (Å²) in [6.45, 7) is 0.275. The molecule has 2 amide bonds. The molecule has 0 radical (unpaired) electrons. The summed E-state index contributed by atoms with van der Waals surface area (Å²) in [4.78, 5) is 22.2. The molecule has 0 heterocycles. The lowest BCUT2D eigenvalue weighted by Gasteiger charge is -2.16. The van der Waals surface area contributed by atoms with Gasteiger partial charge in [0.05, 0.1) is 0 Å². The van der Waals surface area contributed by atoms with Gasteiger partial charge in [-0.25, -0.2) is 9.59 Å². The molecule has 7 heteroatoms. The van der Waals surface area contributed by atoms with Crippen molar-refractivity contribution in [3.8, 4) is 0 Å². The monoisotopic (exact) mass is 262 g/mol. The van der Waals surface area contributed by atoms with Gasteiger partial charge in [-0.3, -0.25) is 0 Å². The number of rotatable bonds is 7. The average molecular weight is 262 g/mol. The first-order valence-electron chi connectivity index (χ1n) is 5.46. The molecule has 1 fully saturated rings. The van der Waals surface area contributed by atoms with Gasteiger partial charge in [0.15, 0.2) is 0 Å². The van der Waals surface area contributed by atoms with Crippen LogP contribution in [0, 0.1) is 0 Å². The van der Waals surface area contributed by atoms with Crippen LogP contribution in [0.2, 0.25) is 0 Å². The highest BCUT2D eigenvalue weighted by molar-refractivity contribution is 8.00. The molecule has 0 spiro atoms. The Hall–Kier alpha value is -0.950. The topological polar surface area (TPSA) is 98.7 Å². The highest BCUT2D eigenvalue weighted by Crippen LogP contribution is 2.46. The molecule has 0 aliphatic heterocycles. The quantitative estimate of drug-likeness (QED) is 0.518. The van der Waals surface area contributed by atoms with E-state index in [0.29, 0.717) is 6.54 Å².